The van der Waals surface area contributed by atoms with Crippen molar-refractivity contribution in [3.8, 4) is 23.1 Å². The van der Waals surface area contributed by atoms with Crippen LogP contribution in [0.5, 0.6) is 11.8 Å². The molecule has 0 fully saturated rings. The van der Waals surface area contributed by atoms with Crippen LogP contribution in [0.3, 0.4) is 0 Å². The van der Waals surface area contributed by atoms with Crippen LogP contribution in [-0.4, -0.2) is 20.2 Å². The van der Waals surface area contributed by atoms with Crippen molar-refractivity contribution in [3.05, 3.63) is 53.6 Å². The van der Waals surface area contributed by atoms with Crippen molar-refractivity contribution < 1.29 is 9.13 Å². The summed E-state index contributed by atoms with van der Waals surface area (Å²) in [4.78, 5) is 8.93. The van der Waals surface area contributed by atoms with Crippen LogP contribution in [0.2, 0.25) is 0 Å². The summed E-state index contributed by atoms with van der Waals surface area (Å²) >= 11 is 0. The highest BCUT2D eigenvalue weighted by atomic mass is 19.1. The van der Waals surface area contributed by atoms with E-state index in [1.54, 1.807) is 12.1 Å². The lowest BCUT2D eigenvalue weighted by Gasteiger charge is -2.19. The van der Waals surface area contributed by atoms with E-state index in [0.29, 0.717) is 11.4 Å². The molecule has 0 unspecified atom stereocenters. The van der Waals surface area contributed by atoms with E-state index in [4.69, 9.17) is 4.74 Å². The average molecular weight is 326 g/mol. The number of rotatable bonds is 3. The van der Waals surface area contributed by atoms with Crippen molar-refractivity contribution in [1.29, 1.82) is 0 Å². The molecule has 0 saturated heterocycles. The molecule has 0 bridgehead atoms. The number of ether oxygens (including phenoxy) is 1. The van der Waals surface area contributed by atoms with E-state index in [2.05, 4.69) is 40.9 Å². The second-order valence-corrected chi connectivity index (χ2v) is 6.66. The summed E-state index contributed by atoms with van der Waals surface area (Å²) in [5.74, 6) is 0.158. The summed E-state index contributed by atoms with van der Waals surface area (Å²) in [6.45, 7) is 8.13. The Morgan fingerprint density at radius 2 is 1.71 bits per heavy atom. The van der Waals surface area contributed by atoms with Crippen LogP contribution in [0.25, 0.3) is 11.4 Å². The van der Waals surface area contributed by atoms with Crippen LogP contribution >= 0.6 is 0 Å². The lowest BCUT2D eigenvalue weighted by Crippen LogP contribution is -2.15. The van der Waals surface area contributed by atoms with Gasteiger partial charge in [0.1, 0.15) is 17.3 Å². The first kappa shape index (κ1) is 16.1. The van der Waals surface area contributed by atoms with E-state index in [-0.39, 0.29) is 17.2 Å². The molecule has 3 rings (SSSR count). The van der Waals surface area contributed by atoms with E-state index in [1.807, 2.05) is 19.1 Å². The van der Waals surface area contributed by atoms with Crippen LogP contribution in [0, 0.1) is 12.7 Å². The van der Waals surface area contributed by atoms with Crippen molar-refractivity contribution in [2.45, 2.75) is 33.1 Å². The molecular formula is C18H19FN4O. The van der Waals surface area contributed by atoms with E-state index in [1.165, 1.54) is 12.1 Å². The number of aromatic amines is 1. The van der Waals surface area contributed by atoms with Gasteiger partial charge in [-0.15, -0.1) is 0 Å². The molecule has 0 atom stereocenters. The topological polar surface area (TPSA) is 63.7 Å². The van der Waals surface area contributed by atoms with E-state index in [9.17, 15) is 4.39 Å². The number of aromatic nitrogens is 4. The summed E-state index contributed by atoms with van der Waals surface area (Å²) < 4.78 is 18.7. The van der Waals surface area contributed by atoms with Gasteiger partial charge in [0.15, 0.2) is 0 Å². The lowest BCUT2D eigenvalue weighted by molar-refractivity contribution is 0.430. The monoisotopic (exact) mass is 326 g/mol. The highest BCUT2D eigenvalue weighted by molar-refractivity contribution is 5.55. The molecule has 0 radical (unpaired) electrons. The Balaban J connectivity index is 2.03. The Labute approximate surface area is 139 Å². The maximum absolute atomic E-state index is 13.0. The third-order valence-electron chi connectivity index (χ3n) is 3.47. The minimum Gasteiger partial charge on any atom is -0.424 e. The number of halogens is 1. The van der Waals surface area contributed by atoms with Gasteiger partial charge in [-0.05, 0) is 43.3 Å². The molecular weight excluding hydrogens is 307 g/mol. The second-order valence-electron chi connectivity index (χ2n) is 6.66. The zero-order valence-corrected chi connectivity index (χ0v) is 14.1. The first-order valence-electron chi connectivity index (χ1n) is 7.66. The molecule has 0 saturated carbocycles. The molecule has 1 aromatic carbocycles. The molecule has 2 aromatic heterocycles. The second kappa shape index (κ2) is 6.03. The molecule has 2 heterocycles. The van der Waals surface area contributed by atoms with Crippen molar-refractivity contribution >= 4 is 0 Å². The molecule has 0 amide bonds. The molecule has 124 valence electrons. The fourth-order valence-corrected chi connectivity index (χ4v) is 2.14. The van der Waals surface area contributed by atoms with Gasteiger partial charge < -0.3 is 4.74 Å². The van der Waals surface area contributed by atoms with Gasteiger partial charge in [0, 0.05) is 11.1 Å². The summed E-state index contributed by atoms with van der Waals surface area (Å²) in [6.07, 6.45) is 0. The highest BCUT2D eigenvalue weighted by Crippen LogP contribution is 2.28. The largest absolute Gasteiger partial charge is 0.424 e. The molecule has 6 heteroatoms. The fourth-order valence-electron chi connectivity index (χ4n) is 2.14. The summed E-state index contributed by atoms with van der Waals surface area (Å²) in [5.41, 5.74) is 3.01. The van der Waals surface area contributed by atoms with E-state index < -0.39 is 0 Å². The summed E-state index contributed by atoms with van der Waals surface area (Å²) in [6, 6.07) is 9.79. The molecule has 0 aliphatic heterocycles. The van der Waals surface area contributed by atoms with Gasteiger partial charge >= 0.3 is 6.01 Å². The first-order chi connectivity index (χ1) is 11.3. The van der Waals surface area contributed by atoms with Crippen LogP contribution < -0.4 is 4.74 Å². The summed E-state index contributed by atoms with van der Waals surface area (Å²) in [7, 11) is 0. The molecule has 1 N–H and O–H groups in total. The first-order valence-corrected chi connectivity index (χ1v) is 7.66. The normalized spacial score (nSPS) is 11.5. The van der Waals surface area contributed by atoms with Crippen LogP contribution in [-0.2, 0) is 5.41 Å². The predicted octanol–water partition coefficient (Wildman–Crippen LogP) is 4.40. The minimum absolute atomic E-state index is 0.177. The quantitative estimate of drug-likeness (QED) is 0.774. The standard InChI is InChI=1S/C18H19FN4O/c1-11-9-15(23-22-11)14-10-16(18(2,3)4)21-17(20-14)24-13-7-5-12(19)6-8-13/h5-10H,1-4H3,(H,22,23). The van der Waals surface area contributed by atoms with Crippen LogP contribution in [0.4, 0.5) is 4.39 Å². The number of nitrogens with zero attached hydrogens (tertiary/aromatic N) is 3. The van der Waals surface area contributed by atoms with Gasteiger partial charge in [0.2, 0.25) is 0 Å². The Morgan fingerprint density at radius 1 is 1.00 bits per heavy atom. The maximum Gasteiger partial charge on any atom is 0.322 e. The highest BCUT2D eigenvalue weighted by Gasteiger charge is 2.20. The number of hydrogen-bond donors (Lipinski definition) is 1. The number of nitrogens with one attached hydrogen (secondary N) is 1. The average Bonchev–Trinajstić information content (AvgIpc) is 2.95. The maximum atomic E-state index is 13.0. The third-order valence-corrected chi connectivity index (χ3v) is 3.47. The van der Waals surface area contributed by atoms with Crippen molar-refractivity contribution in [2.75, 3.05) is 0 Å². The van der Waals surface area contributed by atoms with E-state index in [0.717, 1.165) is 17.1 Å². The Kier molecular flexibility index (Phi) is 4.05. The fraction of sp³-hybridized carbons (Fsp3) is 0.278. The molecule has 0 spiro atoms. The van der Waals surface area contributed by atoms with Gasteiger partial charge in [0.05, 0.1) is 11.4 Å². The number of H-pyrrole nitrogens is 1. The number of aryl methyl sites for hydroxylation is 1. The smallest absolute Gasteiger partial charge is 0.322 e. The molecule has 3 aromatic rings. The Bertz CT molecular complexity index is 850. The predicted molar refractivity (Wildman–Crippen MR) is 89.5 cm³/mol. The van der Waals surface area contributed by atoms with Crippen LogP contribution in [0.1, 0.15) is 32.2 Å². The minimum atomic E-state index is -0.320. The zero-order chi connectivity index (χ0) is 17.3. The Hall–Kier alpha value is -2.76. The van der Waals surface area contributed by atoms with E-state index >= 15 is 0 Å². The van der Waals surface area contributed by atoms with Gasteiger partial charge in [-0.25, -0.2) is 4.39 Å². The van der Waals surface area contributed by atoms with Gasteiger partial charge in [-0.1, -0.05) is 20.8 Å². The summed E-state index contributed by atoms with van der Waals surface area (Å²) in [5, 5.41) is 7.16. The molecule has 0 aliphatic carbocycles. The zero-order valence-electron chi connectivity index (χ0n) is 14.1. The van der Waals surface area contributed by atoms with Gasteiger partial charge in [-0.3, -0.25) is 5.10 Å². The van der Waals surface area contributed by atoms with Crippen molar-refractivity contribution in [3.63, 3.8) is 0 Å². The van der Waals surface area contributed by atoms with Gasteiger partial charge in [-0.2, -0.15) is 15.1 Å². The molecule has 5 nitrogen and oxygen atoms in total. The SMILES string of the molecule is Cc1cc(-c2cc(C(C)(C)C)nc(Oc3ccc(F)cc3)n2)n[nH]1. The third kappa shape index (κ3) is 3.59. The number of benzene rings is 1. The van der Waals surface area contributed by atoms with Crippen LogP contribution in [0.15, 0.2) is 36.4 Å². The van der Waals surface area contributed by atoms with Crippen molar-refractivity contribution in [2.24, 2.45) is 0 Å². The lowest BCUT2D eigenvalue weighted by atomic mass is 9.91. The van der Waals surface area contributed by atoms with Gasteiger partial charge in [0.25, 0.3) is 0 Å². The molecule has 24 heavy (non-hydrogen) atoms. The Morgan fingerprint density at radius 3 is 2.29 bits per heavy atom. The van der Waals surface area contributed by atoms with Crippen molar-refractivity contribution in [1.82, 2.24) is 20.2 Å². The number of hydrogen-bond acceptors (Lipinski definition) is 4. The molecule has 0 aliphatic rings.